The summed E-state index contributed by atoms with van der Waals surface area (Å²) in [5, 5.41) is 17.5. The van der Waals surface area contributed by atoms with Gasteiger partial charge in [-0.05, 0) is 19.1 Å². The standard InChI is InChI=1S/C13H15N3O/c1-9-12-8-14-6-5-13(12)16(15-9)10-3-2-4-11(17)7-10/h2-4,7,14,17H,5-6,8H2,1H3. The molecule has 1 aromatic carbocycles. The second-order valence-corrected chi connectivity index (χ2v) is 4.37. The minimum atomic E-state index is 0.276. The zero-order chi connectivity index (χ0) is 11.8. The Hall–Kier alpha value is -1.81. The molecule has 0 spiro atoms. The van der Waals surface area contributed by atoms with Crippen LogP contribution in [0.3, 0.4) is 0 Å². The fourth-order valence-electron chi connectivity index (χ4n) is 2.35. The van der Waals surface area contributed by atoms with Crippen LogP contribution in [0.15, 0.2) is 24.3 Å². The van der Waals surface area contributed by atoms with Gasteiger partial charge in [-0.15, -0.1) is 0 Å². The topological polar surface area (TPSA) is 50.1 Å². The van der Waals surface area contributed by atoms with Crippen molar-refractivity contribution < 1.29 is 5.11 Å². The van der Waals surface area contributed by atoms with Gasteiger partial charge in [0.15, 0.2) is 0 Å². The van der Waals surface area contributed by atoms with E-state index >= 15 is 0 Å². The molecule has 1 aromatic heterocycles. The van der Waals surface area contributed by atoms with Crippen LogP contribution in [0.25, 0.3) is 5.69 Å². The van der Waals surface area contributed by atoms with Crippen molar-refractivity contribution in [1.82, 2.24) is 15.1 Å². The summed E-state index contributed by atoms with van der Waals surface area (Å²) < 4.78 is 1.95. The number of hydrogen-bond acceptors (Lipinski definition) is 3. The van der Waals surface area contributed by atoms with E-state index in [4.69, 9.17) is 0 Å². The number of fused-ring (bicyclic) bond motifs is 1. The number of phenols is 1. The van der Waals surface area contributed by atoms with Crippen molar-refractivity contribution in [3.63, 3.8) is 0 Å². The first-order chi connectivity index (χ1) is 8.25. The quantitative estimate of drug-likeness (QED) is 0.779. The maximum absolute atomic E-state index is 9.53. The molecule has 2 N–H and O–H groups in total. The van der Waals surface area contributed by atoms with Gasteiger partial charge in [0.05, 0.1) is 17.1 Å². The van der Waals surface area contributed by atoms with Crippen LogP contribution in [0.4, 0.5) is 0 Å². The van der Waals surface area contributed by atoms with Gasteiger partial charge < -0.3 is 10.4 Å². The minimum Gasteiger partial charge on any atom is -0.508 e. The molecule has 3 rings (SSSR count). The predicted molar refractivity (Wildman–Crippen MR) is 65.4 cm³/mol. The molecule has 1 aliphatic rings. The van der Waals surface area contributed by atoms with E-state index in [0.29, 0.717) is 0 Å². The third-order valence-corrected chi connectivity index (χ3v) is 3.21. The predicted octanol–water partition coefficient (Wildman–Crippen LogP) is 1.53. The number of aromatic hydroxyl groups is 1. The van der Waals surface area contributed by atoms with Gasteiger partial charge in [-0.2, -0.15) is 5.10 Å². The number of nitrogens with one attached hydrogen (secondary N) is 1. The second-order valence-electron chi connectivity index (χ2n) is 4.37. The highest BCUT2D eigenvalue weighted by atomic mass is 16.3. The molecule has 2 aromatic rings. The van der Waals surface area contributed by atoms with E-state index in [2.05, 4.69) is 10.4 Å². The van der Waals surface area contributed by atoms with Crippen molar-refractivity contribution in [2.45, 2.75) is 19.9 Å². The van der Waals surface area contributed by atoms with Crippen LogP contribution in [-0.2, 0) is 13.0 Å². The molecule has 4 nitrogen and oxygen atoms in total. The largest absolute Gasteiger partial charge is 0.508 e. The first-order valence-corrected chi connectivity index (χ1v) is 5.83. The monoisotopic (exact) mass is 229 g/mol. The lowest BCUT2D eigenvalue weighted by atomic mass is 10.1. The van der Waals surface area contributed by atoms with Gasteiger partial charge >= 0.3 is 0 Å². The fraction of sp³-hybridized carbons (Fsp3) is 0.308. The third-order valence-electron chi connectivity index (χ3n) is 3.21. The van der Waals surface area contributed by atoms with Gasteiger partial charge in [0.2, 0.25) is 0 Å². The number of phenolic OH excluding ortho intramolecular Hbond substituents is 1. The molecule has 0 radical (unpaired) electrons. The molecule has 0 unspecified atom stereocenters. The number of hydrogen-bond donors (Lipinski definition) is 2. The molecule has 0 amide bonds. The Morgan fingerprint density at radius 3 is 3.12 bits per heavy atom. The molecular weight excluding hydrogens is 214 g/mol. The van der Waals surface area contributed by atoms with Crippen molar-refractivity contribution in [2.24, 2.45) is 0 Å². The summed E-state index contributed by atoms with van der Waals surface area (Å²) in [6.45, 7) is 3.90. The molecule has 0 saturated carbocycles. The molecule has 0 saturated heterocycles. The van der Waals surface area contributed by atoms with E-state index in [1.807, 2.05) is 23.7 Å². The summed E-state index contributed by atoms with van der Waals surface area (Å²) in [4.78, 5) is 0. The van der Waals surface area contributed by atoms with E-state index in [9.17, 15) is 5.11 Å². The van der Waals surface area contributed by atoms with E-state index in [-0.39, 0.29) is 5.75 Å². The Morgan fingerprint density at radius 2 is 2.29 bits per heavy atom. The van der Waals surface area contributed by atoms with Crippen molar-refractivity contribution in [2.75, 3.05) is 6.54 Å². The summed E-state index contributed by atoms with van der Waals surface area (Å²) in [6.07, 6.45) is 0.978. The summed E-state index contributed by atoms with van der Waals surface area (Å²) in [5.74, 6) is 0.276. The van der Waals surface area contributed by atoms with Gasteiger partial charge in [0.25, 0.3) is 0 Å². The van der Waals surface area contributed by atoms with Crippen LogP contribution in [0, 0.1) is 6.92 Å². The number of benzene rings is 1. The molecule has 0 atom stereocenters. The summed E-state index contributed by atoms with van der Waals surface area (Å²) in [6, 6.07) is 7.23. The highest BCUT2D eigenvalue weighted by Gasteiger charge is 2.18. The van der Waals surface area contributed by atoms with Gasteiger partial charge in [-0.25, -0.2) is 4.68 Å². The van der Waals surface area contributed by atoms with E-state index in [1.165, 1.54) is 11.3 Å². The smallest absolute Gasteiger partial charge is 0.117 e. The van der Waals surface area contributed by atoms with Gasteiger partial charge in [0, 0.05) is 31.1 Å². The molecule has 0 fully saturated rings. The SMILES string of the molecule is Cc1nn(-c2cccc(O)c2)c2c1CNCC2. The zero-order valence-corrected chi connectivity index (χ0v) is 9.77. The lowest BCUT2D eigenvalue weighted by molar-refractivity contribution is 0.474. The average Bonchev–Trinajstić information content (AvgIpc) is 2.68. The first kappa shape index (κ1) is 10.4. The van der Waals surface area contributed by atoms with Crippen LogP contribution >= 0.6 is 0 Å². The van der Waals surface area contributed by atoms with Crippen molar-refractivity contribution in [3.8, 4) is 11.4 Å². The fourth-order valence-corrected chi connectivity index (χ4v) is 2.35. The summed E-state index contributed by atoms with van der Waals surface area (Å²) in [7, 11) is 0. The minimum absolute atomic E-state index is 0.276. The van der Waals surface area contributed by atoms with E-state index in [1.54, 1.807) is 12.1 Å². The van der Waals surface area contributed by atoms with E-state index < -0.39 is 0 Å². The Kier molecular flexibility index (Phi) is 2.37. The Bertz CT molecular complexity index is 560. The average molecular weight is 229 g/mol. The first-order valence-electron chi connectivity index (χ1n) is 5.83. The summed E-state index contributed by atoms with van der Waals surface area (Å²) >= 11 is 0. The second kappa shape index (κ2) is 3.89. The highest BCUT2D eigenvalue weighted by molar-refractivity contribution is 5.42. The lowest BCUT2D eigenvalue weighted by Gasteiger charge is -2.15. The van der Waals surface area contributed by atoms with Gasteiger partial charge in [-0.3, -0.25) is 0 Å². The molecule has 0 bridgehead atoms. The number of rotatable bonds is 1. The molecular formula is C13H15N3O. The lowest BCUT2D eigenvalue weighted by Crippen LogP contribution is -2.24. The van der Waals surface area contributed by atoms with Crippen LogP contribution in [0.5, 0.6) is 5.75 Å². The van der Waals surface area contributed by atoms with E-state index in [0.717, 1.165) is 30.9 Å². The maximum atomic E-state index is 9.53. The normalized spacial score (nSPS) is 14.6. The Balaban J connectivity index is 2.15. The summed E-state index contributed by atoms with van der Waals surface area (Å²) in [5.41, 5.74) is 4.54. The Morgan fingerprint density at radius 1 is 1.41 bits per heavy atom. The van der Waals surface area contributed by atoms with Crippen LogP contribution < -0.4 is 5.32 Å². The number of aryl methyl sites for hydroxylation is 1. The highest BCUT2D eigenvalue weighted by Crippen LogP contribution is 2.23. The van der Waals surface area contributed by atoms with Gasteiger partial charge in [-0.1, -0.05) is 6.07 Å². The van der Waals surface area contributed by atoms with Crippen LogP contribution in [0.2, 0.25) is 0 Å². The maximum Gasteiger partial charge on any atom is 0.117 e. The Labute approximate surface area is 99.9 Å². The van der Waals surface area contributed by atoms with Crippen molar-refractivity contribution in [3.05, 3.63) is 41.2 Å². The van der Waals surface area contributed by atoms with Crippen LogP contribution in [0.1, 0.15) is 17.0 Å². The molecule has 2 heterocycles. The molecule has 4 heteroatoms. The van der Waals surface area contributed by atoms with Crippen molar-refractivity contribution in [1.29, 1.82) is 0 Å². The zero-order valence-electron chi connectivity index (χ0n) is 9.77. The van der Waals surface area contributed by atoms with Gasteiger partial charge in [0.1, 0.15) is 5.75 Å². The molecule has 17 heavy (non-hydrogen) atoms. The van der Waals surface area contributed by atoms with Crippen molar-refractivity contribution >= 4 is 0 Å². The van der Waals surface area contributed by atoms with Crippen LogP contribution in [-0.4, -0.2) is 21.4 Å². The number of nitrogens with zero attached hydrogens (tertiary/aromatic N) is 2. The molecule has 88 valence electrons. The molecule has 0 aliphatic carbocycles. The third kappa shape index (κ3) is 1.70. The number of aromatic nitrogens is 2. The molecule has 1 aliphatic heterocycles.